The van der Waals surface area contributed by atoms with Crippen molar-refractivity contribution < 1.29 is 14.3 Å². The van der Waals surface area contributed by atoms with Crippen molar-refractivity contribution in [1.82, 2.24) is 0 Å². The molecule has 1 atom stereocenters. The molecule has 1 fully saturated rings. The molecular formula is C15H21ClN2O3. The van der Waals surface area contributed by atoms with Gasteiger partial charge in [-0.1, -0.05) is 11.6 Å². The Balaban J connectivity index is 1.85. The van der Waals surface area contributed by atoms with Gasteiger partial charge in [0.25, 0.3) is 0 Å². The van der Waals surface area contributed by atoms with E-state index in [0.29, 0.717) is 17.3 Å². The van der Waals surface area contributed by atoms with Gasteiger partial charge in [-0.2, -0.15) is 0 Å². The number of nitrogens with zero attached hydrogens (tertiary/aromatic N) is 1. The first-order valence-corrected chi connectivity index (χ1v) is 7.40. The number of hydrogen-bond donors (Lipinski definition) is 1. The highest BCUT2D eigenvalue weighted by Gasteiger charge is 2.16. The monoisotopic (exact) mass is 312 g/mol. The minimum atomic E-state index is -0.196. The lowest BCUT2D eigenvalue weighted by atomic mass is 10.2. The lowest BCUT2D eigenvalue weighted by Crippen LogP contribution is -2.23. The summed E-state index contributed by atoms with van der Waals surface area (Å²) in [6.07, 6.45) is 2.19. The lowest BCUT2D eigenvalue weighted by molar-refractivity contribution is -0.121. The Bertz CT molecular complexity index is 488. The fourth-order valence-corrected chi connectivity index (χ4v) is 2.42. The van der Waals surface area contributed by atoms with Gasteiger partial charge < -0.3 is 19.7 Å². The van der Waals surface area contributed by atoms with Crippen molar-refractivity contribution in [2.75, 3.05) is 44.1 Å². The van der Waals surface area contributed by atoms with Crippen LogP contribution >= 0.6 is 11.6 Å². The fourth-order valence-electron chi connectivity index (χ4n) is 2.24. The number of benzene rings is 1. The van der Waals surface area contributed by atoms with E-state index < -0.39 is 0 Å². The normalized spacial score (nSPS) is 17.8. The quantitative estimate of drug-likeness (QED) is 0.877. The third kappa shape index (κ3) is 4.88. The van der Waals surface area contributed by atoms with E-state index in [1.54, 1.807) is 12.1 Å². The molecule has 0 radical (unpaired) electrons. The Kier molecular flexibility index (Phi) is 5.85. The van der Waals surface area contributed by atoms with Crippen LogP contribution < -0.4 is 10.2 Å². The van der Waals surface area contributed by atoms with E-state index in [2.05, 4.69) is 5.32 Å². The first kappa shape index (κ1) is 16.1. The second-order valence-electron chi connectivity index (χ2n) is 5.25. The molecule has 5 nitrogen and oxygen atoms in total. The fraction of sp³-hybridized carbons (Fsp3) is 0.533. The van der Waals surface area contributed by atoms with Gasteiger partial charge >= 0.3 is 0 Å². The Morgan fingerprint density at radius 1 is 1.52 bits per heavy atom. The van der Waals surface area contributed by atoms with E-state index in [4.69, 9.17) is 21.1 Å². The summed E-state index contributed by atoms with van der Waals surface area (Å²) >= 11 is 5.98. The first-order chi connectivity index (χ1) is 10.1. The first-order valence-electron chi connectivity index (χ1n) is 7.02. The largest absolute Gasteiger partial charge is 0.376 e. The van der Waals surface area contributed by atoms with Gasteiger partial charge in [-0.3, -0.25) is 4.79 Å². The summed E-state index contributed by atoms with van der Waals surface area (Å²) in [5.74, 6) is -0.196. The van der Waals surface area contributed by atoms with Gasteiger partial charge in [0, 0.05) is 25.7 Å². The Morgan fingerprint density at radius 3 is 3.00 bits per heavy atom. The molecule has 1 aliphatic heterocycles. The number of anilines is 2. The van der Waals surface area contributed by atoms with E-state index in [-0.39, 0.29) is 18.6 Å². The predicted octanol–water partition coefficient (Wildman–Crippen LogP) is 2.54. The molecule has 1 saturated heterocycles. The molecule has 6 heteroatoms. The number of ether oxygens (including phenoxy) is 2. The summed E-state index contributed by atoms with van der Waals surface area (Å²) < 4.78 is 10.8. The van der Waals surface area contributed by atoms with Crippen LogP contribution in [0.15, 0.2) is 18.2 Å². The van der Waals surface area contributed by atoms with E-state index in [1.807, 2.05) is 25.1 Å². The van der Waals surface area contributed by atoms with Gasteiger partial charge in [-0.15, -0.1) is 0 Å². The number of carbonyl (C=O) groups excluding carboxylic acids is 1. The van der Waals surface area contributed by atoms with Crippen molar-refractivity contribution in [2.24, 2.45) is 0 Å². The van der Waals surface area contributed by atoms with Crippen LogP contribution in [0.2, 0.25) is 5.02 Å². The second-order valence-corrected chi connectivity index (χ2v) is 5.69. The topological polar surface area (TPSA) is 50.8 Å². The molecule has 1 unspecified atom stereocenters. The molecule has 1 aliphatic rings. The molecule has 21 heavy (non-hydrogen) atoms. The smallest absolute Gasteiger partial charge is 0.250 e. The van der Waals surface area contributed by atoms with Crippen LogP contribution in [-0.4, -0.2) is 45.9 Å². The molecule has 0 spiro atoms. The van der Waals surface area contributed by atoms with Gasteiger partial charge in [0.1, 0.15) is 6.61 Å². The van der Waals surface area contributed by atoms with Crippen molar-refractivity contribution in [2.45, 2.75) is 18.9 Å². The SMILES string of the molecule is CN(C)c1ccc(Cl)cc1NC(=O)COCC1CCCO1. The van der Waals surface area contributed by atoms with Gasteiger partial charge in [-0.05, 0) is 31.0 Å². The standard InChI is InChI=1S/C15H21ClN2O3/c1-18(2)14-6-5-11(16)8-13(14)17-15(19)10-20-9-12-4-3-7-21-12/h5-6,8,12H,3-4,7,9-10H2,1-2H3,(H,17,19). The number of hydrogen-bond acceptors (Lipinski definition) is 4. The second kappa shape index (κ2) is 7.64. The van der Waals surface area contributed by atoms with Crippen molar-refractivity contribution in [3.8, 4) is 0 Å². The highest BCUT2D eigenvalue weighted by atomic mass is 35.5. The molecular weight excluding hydrogens is 292 g/mol. The van der Waals surface area contributed by atoms with Crippen molar-refractivity contribution in [3.63, 3.8) is 0 Å². The molecule has 0 bridgehead atoms. The van der Waals surface area contributed by atoms with Crippen LogP contribution in [0.3, 0.4) is 0 Å². The number of rotatable bonds is 6. The predicted molar refractivity (Wildman–Crippen MR) is 84.2 cm³/mol. The highest BCUT2D eigenvalue weighted by molar-refractivity contribution is 6.31. The maximum atomic E-state index is 11.9. The number of amides is 1. The van der Waals surface area contributed by atoms with Gasteiger partial charge in [0.05, 0.1) is 24.1 Å². The molecule has 0 saturated carbocycles. The molecule has 1 aromatic carbocycles. The molecule has 0 aromatic heterocycles. The Hall–Kier alpha value is -1.30. The molecule has 1 N–H and O–H groups in total. The number of carbonyl (C=O) groups is 1. The minimum Gasteiger partial charge on any atom is -0.376 e. The highest BCUT2D eigenvalue weighted by Crippen LogP contribution is 2.27. The van der Waals surface area contributed by atoms with Crippen molar-refractivity contribution in [3.05, 3.63) is 23.2 Å². The lowest BCUT2D eigenvalue weighted by Gasteiger charge is -2.18. The summed E-state index contributed by atoms with van der Waals surface area (Å²) in [4.78, 5) is 13.8. The van der Waals surface area contributed by atoms with Crippen LogP contribution in [0.5, 0.6) is 0 Å². The van der Waals surface area contributed by atoms with Crippen LogP contribution in [0, 0.1) is 0 Å². The van der Waals surface area contributed by atoms with Crippen LogP contribution in [0.25, 0.3) is 0 Å². The average molecular weight is 313 g/mol. The van der Waals surface area contributed by atoms with Crippen LogP contribution in [0.4, 0.5) is 11.4 Å². The zero-order chi connectivity index (χ0) is 15.2. The average Bonchev–Trinajstić information content (AvgIpc) is 2.91. The summed E-state index contributed by atoms with van der Waals surface area (Å²) in [5.41, 5.74) is 1.57. The molecule has 1 amide bonds. The molecule has 1 aromatic rings. The van der Waals surface area contributed by atoms with E-state index >= 15 is 0 Å². The van der Waals surface area contributed by atoms with Gasteiger partial charge in [-0.25, -0.2) is 0 Å². The summed E-state index contributed by atoms with van der Waals surface area (Å²) in [6.45, 7) is 1.26. The Morgan fingerprint density at radius 2 is 2.33 bits per heavy atom. The molecule has 0 aliphatic carbocycles. The summed E-state index contributed by atoms with van der Waals surface area (Å²) in [6, 6.07) is 5.39. The molecule has 2 rings (SSSR count). The third-order valence-electron chi connectivity index (χ3n) is 3.28. The van der Waals surface area contributed by atoms with Crippen LogP contribution in [-0.2, 0) is 14.3 Å². The zero-order valence-corrected chi connectivity index (χ0v) is 13.2. The zero-order valence-electron chi connectivity index (χ0n) is 12.4. The van der Waals surface area contributed by atoms with Crippen molar-refractivity contribution >= 4 is 28.9 Å². The third-order valence-corrected chi connectivity index (χ3v) is 3.51. The van der Waals surface area contributed by atoms with Gasteiger partial charge in [0.15, 0.2) is 0 Å². The molecule has 1 heterocycles. The van der Waals surface area contributed by atoms with E-state index in [1.165, 1.54) is 0 Å². The van der Waals surface area contributed by atoms with Crippen LogP contribution in [0.1, 0.15) is 12.8 Å². The number of halogens is 1. The maximum absolute atomic E-state index is 11.9. The minimum absolute atomic E-state index is 0.0131. The Labute approximate surface area is 130 Å². The summed E-state index contributed by atoms with van der Waals surface area (Å²) in [7, 11) is 3.82. The van der Waals surface area contributed by atoms with E-state index in [0.717, 1.165) is 25.1 Å². The van der Waals surface area contributed by atoms with Gasteiger partial charge in [0.2, 0.25) is 5.91 Å². The van der Waals surface area contributed by atoms with E-state index in [9.17, 15) is 4.79 Å². The summed E-state index contributed by atoms with van der Waals surface area (Å²) in [5, 5.41) is 3.41. The van der Waals surface area contributed by atoms with Crippen molar-refractivity contribution in [1.29, 1.82) is 0 Å². The molecule has 116 valence electrons. The number of nitrogens with one attached hydrogen (secondary N) is 1. The maximum Gasteiger partial charge on any atom is 0.250 e.